The average Bonchev–Trinajstić information content (AvgIpc) is 2.83. The minimum absolute atomic E-state index is 0.0602. The Bertz CT molecular complexity index is 548. The van der Waals surface area contributed by atoms with Gasteiger partial charge < -0.3 is 14.7 Å². The fourth-order valence-corrected chi connectivity index (χ4v) is 2.70. The summed E-state index contributed by atoms with van der Waals surface area (Å²) in [7, 11) is 0. The van der Waals surface area contributed by atoms with Crippen LogP contribution in [0.3, 0.4) is 0 Å². The van der Waals surface area contributed by atoms with Gasteiger partial charge in [-0.15, -0.1) is 0 Å². The Morgan fingerprint density at radius 2 is 2.24 bits per heavy atom. The number of carbonyl (C=O) groups excluding carboxylic acids is 1. The minimum atomic E-state index is -0.844. The van der Waals surface area contributed by atoms with Crippen molar-refractivity contribution in [3.8, 4) is 5.75 Å². The Kier molecular flexibility index (Phi) is 4.88. The third-order valence-electron chi connectivity index (χ3n) is 3.72. The normalized spacial score (nSPS) is 21.3. The molecular weight excluding hydrogens is 338 g/mol. The molecule has 1 amide bonds. The van der Waals surface area contributed by atoms with Crippen LogP contribution in [0.5, 0.6) is 5.75 Å². The standard InChI is InChI=1S/C15H18BrNO4/c1-15(14(19)20)6-7-17(10-15)13(18)5-8-21-12-4-2-3-11(16)9-12/h2-4,9H,5-8,10H2,1H3,(H,19,20). The summed E-state index contributed by atoms with van der Waals surface area (Å²) < 4.78 is 6.44. The number of hydrogen-bond acceptors (Lipinski definition) is 3. The third-order valence-corrected chi connectivity index (χ3v) is 4.22. The van der Waals surface area contributed by atoms with E-state index < -0.39 is 11.4 Å². The summed E-state index contributed by atoms with van der Waals surface area (Å²) >= 11 is 3.35. The van der Waals surface area contributed by atoms with Crippen LogP contribution < -0.4 is 4.74 Å². The van der Waals surface area contributed by atoms with Gasteiger partial charge in [0.05, 0.1) is 18.4 Å². The van der Waals surface area contributed by atoms with E-state index in [-0.39, 0.29) is 25.5 Å². The zero-order chi connectivity index (χ0) is 15.5. The first-order chi connectivity index (χ1) is 9.90. The molecule has 1 atom stereocenters. The van der Waals surface area contributed by atoms with Crippen molar-refractivity contribution in [1.29, 1.82) is 0 Å². The quantitative estimate of drug-likeness (QED) is 0.881. The van der Waals surface area contributed by atoms with E-state index in [2.05, 4.69) is 15.9 Å². The number of carboxylic acids is 1. The maximum Gasteiger partial charge on any atom is 0.311 e. The molecule has 1 aliphatic heterocycles. The number of rotatable bonds is 5. The van der Waals surface area contributed by atoms with E-state index in [1.54, 1.807) is 11.8 Å². The second-order valence-corrected chi connectivity index (χ2v) is 6.40. The largest absolute Gasteiger partial charge is 0.493 e. The molecule has 1 heterocycles. The maximum absolute atomic E-state index is 12.1. The molecule has 1 aliphatic rings. The van der Waals surface area contributed by atoms with Gasteiger partial charge in [0.1, 0.15) is 5.75 Å². The number of amides is 1. The smallest absolute Gasteiger partial charge is 0.311 e. The van der Waals surface area contributed by atoms with Crippen molar-refractivity contribution in [3.63, 3.8) is 0 Å². The molecule has 0 spiro atoms. The highest BCUT2D eigenvalue weighted by molar-refractivity contribution is 9.10. The molecule has 21 heavy (non-hydrogen) atoms. The number of carbonyl (C=O) groups is 2. The summed E-state index contributed by atoms with van der Waals surface area (Å²) in [5.41, 5.74) is -0.819. The molecule has 0 radical (unpaired) electrons. The first-order valence-corrected chi connectivity index (χ1v) is 7.59. The number of benzene rings is 1. The maximum atomic E-state index is 12.1. The van der Waals surface area contributed by atoms with Gasteiger partial charge in [-0.2, -0.15) is 0 Å². The molecule has 0 bridgehead atoms. The van der Waals surface area contributed by atoms with Gasteiger partial charge in [0, 0.05) is 17.6 Å². The van der Waals surface area contributed by atoms with E-state index in [9.17, 15) is 9.59 Å². The van der Waals surface area contributed by atoms with E-state index in [0.717, 1.165) is 4.47 Å². The lowest BCUT2D eigenvalue weighted by Gasteiger charge is -2.20. The number of halogens is 1. The molecule has 1 aromatic rings. The molecule has 0 aromatic heterocycles. The highest BCUT2D eigenvalue weighted by Crippen LogP contribution is 2.30. The zero-order valence-corrected chi connectivity index (χ0v) is 13.4. The fourth-order valence-electron chi connectivity index (χ4n) is 2.32. The number of ether oxygens (including phenoxy) is 1. The van der Waals surface area contributed by atoms with Gasteiger partial charge in [0.25, 0.3) is 0 Å². The zero-order valence-electron chi connectivity index (χ0n) is 11.8. The van der Waals surface area contributed by atoms with Gasteiger partial charge in [-0.1, -0.05) is 22.0 Å². The molecule has 1 fully saturated rings. The second-order valence-electron chi connectivity index (χ2n) is 5.49. The number of nitrogens with zero attached hydrogens (tertiary/aromatic N) is 1. The fraction of sp³-hybridized carbons (Fsp3) is 0.467. The Labute approximate surface area is 132 Å². The highest BCUT2D eigenvalue weighted by Gasteiger charge is 2.41. The Hall–Kier alpha value is -1.56. The van der Waals surface area contributed by atoms with Crippen LogP contribution >= 0.6 is 15.9 Å². The predicted octanol–water partition coefficient (Wildman–Crippen LogP) is 2.54. The molecule has 1 aromatic carbocycles. The molecule has 1 unspecified atom stereocenters. The van der Waals surface area contributed by atoms with Crippen LogP contribution in [0.2, 0.25) is 0 Å². The van der Waals surface area contributed by atoms with Gasteiger partial charge in [-0.3, -0.25) is 9.59 Å². The van der Waals surface area contributed by atoms with Gasteiger partial charge in [0.2, 0.25) is 5.91 Å². The van der Waals surface area contributed by atoms with Crippen LogP contribution in [0, 0.1) is 5.41 Å². The minimum Gasteiger partial charge on any atom is -0.493 e. The molecule has 0 aliphatic carbocycles. The van der Waals surface area contributed by atoms with E-state index >= 15 is 0 Å². The average molecular weight is 356 g/mol. The lowest BCUT2D eigenvalue weighted by molar-refractivity contribution is -0.147. The highest BCUT2D eigenvalue weighted by atomic mass is 79.9. The monoisotopic (exact) mass is 355 g/mol. The van der Waals surface area contributed by atoms with Crippen LogP contribution in [0.15, 0.2) is 28.7 Å². The summed E-state index contributed by atoms with van der Waals surface area (Å²) in [5.74, 6) is -0.202. The van der Waals surface area contributed by atoms with Gasteiger partial charge in [-0.05, 0) is 31.5 Å². The number of likely N-dealkylation sites (tertiary alicyclic amines) is 1. The molecule has 6 heteroatoms. The van der Waals surface area contributed by atoms with E-state index in [1.165, 1.54) is 0 Å². The number of hydrogen-bond donors (Lipinski definition) is 1. The Morgan fingerprint density at radius 1 is 1.48 bits per heavy atom. The molecule has 114 valence electrons. The third kappa shape index (κ3) is 3.97. The number of aliphatic carboxylic acids is 1. The van der Waals surface area contributed by atoms with Gasteiger partial charge in [-0.25, -0.2) is 0 Å². The van der Waals surface area contributed by atoms with Gasteiger partial charge in [0.15, 0.2) is 0 Å². The molecule has 2 rings (SSSR count). The van der Waals surface area contributed by atoms with Crippen LogP contribution in [-0.2, 0) is 9.59 Å². The van der Waals surface area contributed by atoms with Crippen molar-refractivity contribution < 1.29 is 19.4 Å². The molecule has 5 nitrogen and oxygen atoms in total. The van der Waals surface area contributed by atoms with E-state index in [1.807, 2.05) is 24.3 Å². The summed E-state index contributed by atoms with van der Waals surface area (Å²) in [6, 6.07) is 7.42. The topological polar surface area (TPSA) is 66.8 Å². The SMILES string of the molecule is CC1(C(=O)O)CCN(C(=O)CCOc2cccc(Br)c2)C1. The van der Waals surface area contributed by atoms with Crippen LogP contribution in [0.4, 0.5) is 0 Å². The summed E-state index contributed by atoms with van der Waals surface area (Å²) in [5, 5.41) is 9.16. The second kappa shape index (κ2) is 6.47. The Morgan fingerprint density at radius 3 is 2.86 bits per heavy atom. The molecule has 1 N–H and O–H groups in total. The van der Waals surface area contributed by atoms with Crippen molar-refractivity contribution in [2.75, 3.05) is 19.7 Å². The summed E-state index contributed by atoms with van der Waals surface area (Å²) in [6.45, 7) is 2.74. The first kappa shape index (κ1) is 15.8. The molecule has 1 saturated heterocycles. The van der Waals surface area contributed by atoms with E-state index in [4.69, 9.17) is 9.84 Å². The van der Waals surface area contributed by atoms with Crippen LogP contribution in [0.1, 0.15) is 19.8 Å². The van der Waals surface area contributed by atoms with Gasteiger partial charge >= 0.3 is 5.97 Å². The van der Waals surface area contributed by atoms with Crippen LogP contribution in [-0.4, -0.2) is 41.6 Å². The van der Waals surface area contributed by atoms with E-state index in [0.29, 0.717) is 18.7 Å². The summed E-state index contributed by atoms with van der Waals surface area (Å²) in [6.07, 6.45) is 0.753. The van der Waals surface area contributed by atoms with Crippen molar-refractivity contribution in [2.45, 2.75) is 19.8 Å². The van der Waals surface area contributed by atoms with Crippen molar-refractivity contribution >= 4 is 27.8 Å². The summed E-state index contributed by atoms with van der Waals surface area (Å²) in [4.78, 5) is 24.8. The van der Waals surface area contributed by atoms with Crippen molar-refractivity contribution in [3.05, 3.63) is 28.7 Å². The Balaban J connectivity index is 1.79. The van der Waals surface area contributed by atoms with Crippen LogP contribution in [0.25, 0.3) is 0 Å². The van der Waals surface area contributed by atoms with Crippen molar-refractivity contribution in [2.24, 2.45) is 5.41 Å². The predicted molar refractivity (Wildman–Crippen MR) is 81.2 cm³/mol. The lowest BCUT2D eigenvalue weighted by atomic mass is 9.90. The lowest BCUT2D eigenvalue weighted by Crippen LogP contribution is -2.35. The molecule has 0 saturated carbocycles. The number of carboxylic acid groups (broad SMARTS) is 1. The van der Waals surface area contributed by atoms with Crippen molar-refractivity contribution in [1.82, 2.24) is 4.90 Å². The molecular formula is C15H18BrNO4. The first-order valence-electron chi connectivity index (χ1n) is 6.80.